The molecule has 0 heterocycles. The van der Waals surface area contributed by atoms with Gasteiger partial charge in [-0.25, -0.2) is 0 Å². The summed E-state index contributed by atoms with van der Waals surface area (Å²) in [6.45, 7) is 4.73. The maximum absolute atomic E-state index is 2.41. The quantitative estimate of drug-likeness (QED) is 0.161. The Labute approximate surface area is 322 Å². The molecule has 0 heteroatoms. The highest BCUT2D eigenvalue weighted by Crippen LogP contribution is 2.51. The standard InChI is InChI=1S/C55H38/c1-55(2)51-31-30-42(33-49(51)50-32-40-13-3-4-14-41(40)34-52(50)55)35-22-26-38(27-23-35)53-45-17-7-9-19-47(45)54(48-20-10-8-18-46(48)53)39-28-24-37(25-29-39)44-21-11-15-36-12-5-6-16-43(36)44/h3-34H,1-2H3. The minimum Gasteiger partial charge on any atom is -0.0616 e. The van der Waals surface area contributed by atoms with E-state index in [0.717, 1.165) is 0 Å². The lowest BCUT2D eigenvalue weighted by Gasteiger charge is -2.22. The summed E-state index contributed by atoms with van der Waals surface area (Å²) in [5, 5.41) is 10.2. The van der Waals surface area contributed by atoms with E-state index in [1.165, 1.54) is 110 Å². The van der Waals surface area contributed by atoms with Crippen LogP contribution in [-0.2, 0) is 5.41 Å². The van der Waals surface area contributed by atoms with E-state index in [0.29, 0.717) is 0 Å². The van der Waals surface area contributed by atoms with Crippen LogP contribution in [-0.4, -0.2) is 0 Å². The first-order chi connectivity index (χ1) is 27.0. The molecule has 10 aromatic rings. The summed E-state index contributed by atoms with van der Waals surface area (Å²) in [7, 11) is 0. The average molecular weight is 699 g/mol. The number of benzene rings is 10. The summed E-state index contributed by atoms with van der Waals surface area (Å²) in [6.07, 6.45) is 0. The number of hydrogen-bond donors (Lipinski definition) is 0. The molecule has 0 atom stereocenters. The van der Waals surface area contributed by atoms with E-state index in [4.69, 9.17) is 0 Å². The normalized spacial score (nSPS) is 13.1. The Morgan fingerprint density at radius 2 is 0.709 bits per heavy atom. The highest BCUT2D eigenvalue weighted by atomic mass is 14.4. The molecule has 1 aliphatic carbocycles. The third-order valence-electron chi connectivity index (χ3n) is 12.3. The second kappa shape index (κ2) is 12.1. The van der Waals surface area contributed by atoms with Crippen molar-refractivity contribution in [2.24, 2.45) is 0 Å². The fourth-order valence-electron chi connectivity index (χ4n) is 9.49. The van der Waals surface area contributed by atoms with Gasteiger partial charge in [0.1, 0.15) is 0 Å². The lowest BCUT2D eigenvalue weighted by molar-refractivity contribution is 0.661. The molecular formula is C55H38. The molecule has 0 unspecified atom stereocenters. The molecule has 0 N–H and O–H groups in total. The van der Waals surface area contributed by atoms with Crippen molar-refractivity contribution >= 4 is 43.1 Å². The molecule has 11 rings (SSSR count). The van der Waals surface area contributed by atoms with E-state index in [-0.39, 0.29) is 5.41 Å². The van der Waals surface area contributed by atoms with Crippen LogP contribution in [0.1, 0.15) is 25.0 Å². The Balaban J connectivity index is 1.01. The molecule has 258 valence electrons. The highest BCUT2D eigenvalue weighted by Gasteiger charge is 2.35. The van der Waals surface area contributed by atoms with Crippen molar-refractivity contribution in [1.82, 2.24) is 0 Å². The Morgan fingerprint density at radius 3 is 1.31 bits per heavy atom. The van der Waals surface area contributed by atoms with Gasteiger partial charge in [0, 0.05) is 5.41 Å². The lowest BCUT2D eigenvalue weighted by Crippen LogP contribution is -2.14. The van der Waals surface area contributed by atoms with Crippen molar-refractivity contribution in [1.29, 1.82) is 0 Å². The Morgan fingerprint density at radius 1 is 0.273 bits per heavy atom. The van der Waals surface area contributed by atoms with Crippen LogP contribution < -0.4 is 0 Å². The van der Waals surface area contributed by atoms with Crippen LogP contribution in [0.5, 0.6) is 0 Å². The Hall–Kier alpha value is -6.76. The number of fused-ring (bicyclic) bond motifs is 7. The van der Waals surface area contributed by atoms with Gasteiger partial charge >= 0.3 is 0 Å². The third-order valence-corrected chi connectivity index (χ3v) is 12.3. The van der Waals surface area contributed by atoms with Gasteiger partial charge in [0.05, 0.1) is 0 Å². The molecule has 0 nitrogen and oxygen atoms in total. The molecule has 0 saturated heterocycles. The molecule has 0 bridgehead atoms. The van der Waals surface area contributed by atoms with Crippen LogP contribution >= 0.6 is 0 Å². The molecule has 1 aliphatic rings. The lowest BCUT2D eigenvalue weighted by atomic mass is 9.81. The van der Waals surface area contributed by atoms with E-state index in [1.54, 1.807) is 0 Å². The smallest absolute Gasteiger partial charge is 0.0159 e. The summed E-state index contributed by atoms with van der Waals surface area (Å²) in [5.41, 5.74) is 15.5. The zero-order chi connectivity index (χ0) is 36.7. The van der Waals surface area contributed by atoms with Gasteiger partial charge in [-0.3, -0.25) is 0 Å². The van der Waals surface area contributed by atoms with Crippen LogP contribution in [0.25, 0.3) is 98.7 Å². The Kier molecular flexibility index (Phi) is 7.00. The van der Waals surface area contributed by atoms with Crippen molar-refractivity contribution in [3.63, 3.8) is 0 Å². The number of rotatable bonds is 4. The van der Waals surface area contributed by atoms with Crippen LogP contribution in [0.3, 0.4) is 0 Å². The van der Waals surface area contributed by atoms with Crippen molar-refractivity contribution in [3.8, 4) is 55.6 Å². The van der Waals surface area contributed by atoms with Gasteiger partial charge < -0.3 is 0 Å². The van der Waals surface area contributed by atoms with E-state index in [1.807, 2.05) is 0 Å². The van der Waals surface area contributed by atoms with Gasteiger partial charge in [-0.15, -0.1) is 0 Å². The van der Waals surface area contributed by atoms with Crippen LogP contribution in [0.2, 0.25) is 0 Å². The fraction of sp³-hybridized carbons (Fsp3) is 0.0545. The highest BCUT2D eigenvalue weighted by molar-refractivity contribution is 6.21. The van der Waals surface area contributed by atoms with Gasteiger partial charge in [0.2, 0.25) is 0 Å². The summed E-state index contributed by atoms with van der Waals surface area (Å²) >= 11 is 0. The molecular weight excluding hydrogens is 661 g/mol. The summed E-state index contributed by atoms with van der Waals surface area (Å²) in [4.78, 5) is 0. The van der Waals surface area contributed by atoms with Gasteiger partial charge in [-0.1, -0.05) is 190 Å². The first kappa shape index (κ1) is 31.7. The maximum Gasteiger partial charge on any atom is 0.0159 e. The molecule has 0 fully saturated rings. The topological polar surface area (TPSA) is 0 Å². The zero-order valence-electron chi connectivity index (χ0n) is 31.0. The zero-order valence-corrected chi connectivity index (χ0v) is 31.0. The van der Waals surface area contributed by atoms with Crippen molar-refractivity contribution in [3.05, 3.63) is 205 Å². The largest absolute Gasteiger partial charge is 0.0616 e. The van der Waals surface area contributed by atoms with Gasteiger partial charge in [-0.2, -0.15) is 0 Å². The molecule has 0 aliphatic heterocycles. The number of hydrogen-bond acceptors (Lipinski definition) is 0. The van der Waals surface area contributed by atoms with Crippen molar-refractivity contribution < 1.29 is 0 Å². The second-order valence-corrected chi connectivity index (χ2v) is 15.7. The molecule has 10 aromatic carbocycles. The van der Waals surface area contributed by atoms with E-state index in [9.17, 15) is 0 Å². The molecule has 0 spiro atoms. The fourth-order valence-corrected chi connectivity index (χ4v) is 9.49. The SMILES string of the molecule is CC1(C)c2ccc(-c3ccc(-c4c5ccccc5c(-c5ccc(-c6cccc7ccccc67)cc5)c5ccccc45)cc3)cc2-c2cc3ccccc3cc21. The first-order valence-corrected chi connectivity index (χ1v) is 19.3. The first-order valence-electron chi connectivity index (χ1n) is 19.3. The molecule has 0 saturated carbocycles. The maximum atomic E-state index is 2.41. The van der Waals surface area contributed by atoms with Gasteiger partial charge in [-0.05, 0) is 128 Å². The van der Waals surface area contributed by atoms with Gasteiger partial charge in [0.25, 0.3) is 0 Å². The Bertz CT molecular complexity index is 3080. The van der Waals surface area contributed by atoms with Crippen LogP contribution in [0, 0.1) is 0 Å². The van der Waals surface area contributed by atoms with E-state index < -0.39 is 0 Å². The predicted octanol–water partition coefficient (Wildman–Crippen LogP) is 15.3. The summed E-state index contributed by atoms with van der Waals surface area (Å²) in [6, 6.07) is 72.1. The average Bonchev–Trinajstić information content (AvgIpc) is 3.46. The summed E-state index contributed by atoms with van der Waals surface area (Å²) in [5.74, 6) is 0. The molecule has 0 radical (unpaired) electrons. The van der Waals surface area contributed by atoms with Crippen molar-refractivity contribution in [2.75, 3.05) is 0 Å². The second-order valence-electron chi connectivity index (χ2n) is 15.7. The molecule has 55 heavy (non-hydrogen) atoms. The van der Waals surface area contributed by atoms with Crippen LogP contribution in [0.15, 0.2) is 194 Å². The van der Waals surface area contributed by atoms with E-state index in [2.05, 4.69) is 208 Å². The minimum atomic E-state index is -0.0375. The van der Waals surface area contributed by atoms with Crippen molar-refractivity contribution in [2.45, 2.75) is 19.3 Å². The molecule has 0 amide bonds. The molecule has 0 aromatic heterocycles. The van der Waals surface area contributed by atoms with E-state index >= 15 is 0 Å². The third kappa shape index (κ3) is 4.92. The minimum absolute atomic E-state index is 0.0375. The van der Waals surface area contributed by atoms with Crippen LogP contribution in [0.4, 0.5) is 0 Å². The monoisotopic (exact) mass is 698 g/mol. The summed E-state index contributed by atoms with van der Waals surface area (Å²) < 4.78 is 0. The van der Waals surface area contributed by atoms with Gasteiger partial charge in [0.15, 0.2) is 0 Å². The predicted molar refractivity (Wildman–Crippen MR) is 236 cm³/mol.